The predicted molar refractivity (Wildman–Crippen MR) is 80.2 cm³/mol. The van der Waals surface area contributed by atoms with Crippen LogP contribution in [-0.2, 0) is 0 Å². The van der Waals surface area contributed by atoms with E-state index in [4.69, 9.17) is 16.8 Å². The van der Waals surface area contributed by atoms with E-state index >= 15 is 0 Å². The minimum absolute atomic E-state index is 0.00158. The summed E-state index contributed by atoms with van der Waals surface area (Å²) in [7, 11) is 0. The summed E-state index contributed by atoms with van der Waals surface area (Å²) >= 11 is 5.86. The van der Waals surface area contributed by atoms with Crippen LogP contribution in [0.25, 0.3) is 11.1 Å². The molecule has 3 nitrogen and oxygen atoms in total. The first-order valence-electron chi connectivity index (χ1n) is 6.39. The lowest BCUT2D eigenvalue weighted by molar-refractivity contribution is 0.0890. The lowest BCUT2D eigenvalue weighted by Gasteiger charge is -2.08. The normalized spacial score (nSPS) is 12.2. The first-order valence-corrected chi connectivity index (χ1v) is 6.77. The molecule has 2 rings (SSSR count). The highest BCUT2D eigenvalue weighted by molar-refractivity contribution is 6.30. The van der Waals surface area contributed by atoms with Gasteiger partial charge in [0.1, 0.15) is 0 Å². The molecular weight excluding hydrogens is 274 g/mol. The molecule has 1 unspecified atom stereocenters. The van der Waals surface area contributed by atoms with Gasteiger partial charge in [0, 0.05) is 23.0 Å². The molecule has 0 fully saturated rings. The number of rotatable bonds is 5. The van der Waals surface area contributed by atoms with Gasteiger partial charge in [-0.25, -0.2) is 5.48 Å². The topological polar surface area (TPSA) is 49.3 Å². The highest BCUT2D eigenvalue weighted by atomic mass is 35.5. The molecule has 0 aromatic heterocycles. The summed E-state index contributed by atoms with van der Waals surface area (Å²) < 4.78 is 0. The van der Waals surface area contributed by atoms with Crippen molar-refractivity contribution in [2.45, 2.75) is 19.4 Å². The van der Waals surface area contributed by atoms with Crippen molar-refractivity contribution in [3.05, 3.63) is 59.1 Å². The summed E-state index contributed by atoms with van der Waals surface area (Å²) in [5.74, 6) is 0.00158. The van der Waals surface area contributed by atoms with Crippen molar-refractivity contribution in [1.29, 1.82) is 0 Å². The zero-order chi connectivity index (χ0) is 14.5. The SMILES string of the molecule is CC(CC(=O)c1ccc(-c2ccc(Cl)cc2)cc1)NO. The monoisotopic (exact) mass is 289 g/mol. The van der Waals surface area contributed by atoms with Gasteiger partial charge in [-0.2, -0.15) is 0 Å². The average Bonchev–Trinajstić information content (AvgIpc) is 2.48. The molecule has 4 heteroatoms. The highest BCUT2D eigenvalue weighted by Crippen LogP contribution is 2.22. The van der Waals surface area contributed by atoms with E-state index in [1.165, 1.54) is 0 Å². The van der Waals surface area contributed by atoms with Gasteiger partial charge < -0.3 is 5.21 Å². The zero-order valence-corrected chi connectivity index (χ0v) is 11.9. The molecule has 0 aliphatic rings. The molecule has 0 heterocycles. The van der Waals surface area contributed by atoms with Gasteiger partial charge in [0.25, 0.3) is 0 Å². The van der Waals surface area contributed by atoms with Gasteiger partial charge >= 0.3 is 0 Å². The number of hydrogen-bond acceptors (Lipinski definition) is 3. The van der Waals surface area contributed by atoms with E-state index in [-0.39, 0.29) is 18.2 Å². The molecule has 0 saturated heterocycles. The second-order valence-electron chi connectivity index (χ2n) is 4.74. The first kappa shape index (κ1) is 14.7. The van der Waals surface area contributed by atoms with Gasteiger partial charge in [-0.3, -0.25) is 4.79 Å². The Kier molecular flexibility index (Phi) is 4.90. The number of hydroxylamine groups is 1. The van der Waals surface area contributed by atoms with Crippen LogP contribution in [0, 0.1) is 0 Å². The van der Waals surface area contributed by atoms with Gasteiger partial charge in [-0.05, 0) is 30.2 Å². The van der Waals surface area contributed by atoms with Crippen LogP contribution in [0.4, 0.5) is 0 Å². The van der Waals surface area contributed by atoms with Crippen LogP contribution in [0.1, 0.15) is 23.7 Å². The third kappa shape index (κ3) is 3.67. The quantitative estimate of drug-likeness (QED) is 0.647. The lowest BCUT2D eigenvalue weighted by atomic mass is 10.0. The van der Waals surface area contributed by atoms with E-state index in [1.54, 1.807) is 19.1 Å². The maximum absolute atomic E-state index is 11.9. The summed E-state index contributed by atoms with van der Waals surface area (Å²) in [5, 5.41) is 9.43. The molecule has 104 valence electrons. The van der Waals surface area contributed by atoms with Crippen LogP contribution in [0.5, 0.6) is 0 Å². The van der Waals surface area contributed by atoms with E-state index in [2.05, 4.69) is 5.48 Å². The Labute approximate surface area is 123 Å². The summed E-state index contributed by atoms with van der Waals surface area (Å²) in [5.41, 5.74) is 4.81. The molecule has 2 aromatic rings. The maximum Gasteiger partial charge on any atom is 0.164 e. The minimum Gasteiger partial charge on any atom is -0.317 e. The van der Waals surface area contributed by atoms with Crippen LogP contribution >= 0.6 is 11.6 Å². The Bertz CT molecular complexity index is 578. The van der Waals surface area contributed by atoms with Crippen molar-refractivity contribution in [3.63, 3.8) is 0 Å². The van der Waals surface area contributed by atoms with Gasteiger partial charge in [-0.15, -0.1) is 0 Å². The van der Waals surface area contributed by atoms with E-state index in [1.807, 2.05) is 36.4 Å². The number of hydrogen-bond donors (Lipinski definition) is 2. The Morgan fingerprint density at radius 2 is 1.60 bits per heavy atom. The molecule has 1 atom stereocenters. The fourth-order valence-electron chi connectivity index (χ4n) is 1.93. The van der Waals surface area contributed by atoms with Gasteiger partial charge in [0.15, 0.2) is 5.78 Å². The smallest absolute Gasteiger partial charge is 0.164 e. The second-order valence-corrected chi connectivity index (χ2v) is 5.18. The summed E-state index contributed by atoms with van der Waals surface area (Å²) in [4.78, 5) is 11.9. The third-order valence-electron chi connectivity index (χ3n) is 3.10. The molecule has 0 aliphatic heterocycles. The molecule has 2 N–H and O–H groups in total. The largest absolute Gasteiger partial charge is 0.317 e. The number of benzene rings is 2. The highest BCUT2D eigenvalue weighted by Gasteiger charge is 2.10. The van der Waals surface area contributed by atoms with Crippen LogP contribution in [0.2, 0.25) is 5.02 Å². The molecule has 2 aromatic carbocycles. The van der Waals surface area contributed by atoms with Gasteiger partial charge in [0.2, 0.25) is 0 Å². The number of halogens is 1. The number of carbonyl (C=O) groups excluding carboxylic acids is 1. The molecular formula is C16H16ClNO2. The van der Waals surface area contributed by atoms with Crippen LogP contribution in [-0.4, -0.2) is 17.0 Å². The average molecular weight is 290 g/mol. The number of carbonyl (C=O) groups is 1. The van der Waals surface area contributed by atoms with E-state index in [0.717, 1.165) is 11.1 Å². The van der Waals surface area contributed by atoms with Crippen LogP contribution in [0.15, 0.2) is 48.5 Å². The van der Waals surface area contributed by atoms with Crippen molar-refractivity contribution >= 4 is 17.4 Å². The lowest BCUT2D eigenvalue weighted by Crippen LogP contribution is -2.25. The summed E-state index contributed by atoms with van der Waals surface area (Å²) in [6.07, 6.45) is 0.261. The molecule has 0 amide bonds. The number of ketones is 1. The first-order chi connectivity index (χ1) is 9.60. The van der Waals surface area contributed by atoms with Crippen molar-refractivity contribution in [1.82, 2.24) is 5.48 Å². The summed E-state index contributed by atoms with van der Waals surface area (Å²) in [6, 6.07) is 14.7. The maximum atomic E-state index is 11.9. The van der Waals surface area contributed by atoms with Gasteiger partial charge in [-0.1, -0.05) is 48.0 Å². The zero-order valence-electron chi connectivity index (χ0n) is 11.1. The number of nitrogens with one attached hydrogen (secondary N) is 1. The fraction of sp³-hybridized carbons (Fsp3) is 0.188. The molecule has 0 bridgehead atoms. The molecule has 20 heavy (non-hydrogen) atoms. The Hall–Kier alpha value is -1.68. The van der Waals surface area contributed by atoms with Crippen molar-refractivity contribution in [3.8, 4) is 11.1 Å². The van der Waals surface area contributed by atoms with Gasteiger partial charge in [0.05, 0.1) is 0 Å². The Morgan fingerprint density at radius 1 is 1.10 bits per heavy atom. The van der Waals surface area contributed by atoms with Crippen molar-refractivity contribution in [2.75, 3.05) is 0 Å². The van der Waals surface area contributed by atoms with Crippen molar-refractivity contribution < 1.29 is 10.0 Å². The molecule has 0 saturated carbocycles. The summed E-state index contributed by atoms with van der Waals surface area (Å²) in [6.45, 7) is 1.75. The second kappa shape index (κ2) is 6.66. The van der Waals surface area contributed by atoms with E-state index in [9.17, 15) is 4.79 Å². The molecule has 0 aliphatic carbocycles. The Morgan fingerprint density at radius 3 is 2.10 bits per heavy atom. The van der Waals surface area contributed by atoms with E-state index in [0.29, 0.717) is 10.6 Å². The number of Topliss-reactive ketones (excluding diaryl/α,β-unsaturated/α-hetero) is 1. The standard InChI is InChI=1S/C16H16ClNO2/c1-11(18-20)10-16(19)14-4-2-12(3-5-14)13-6-8-15(17)9-7-13/h2-9,11,18,20H,10H2,1H3. The molecule has 0 spiro atoms. The molecule has 0 radical (unpaired) electrons. The van der Waals surface area contributed by atoms with Crippen molar-refractivity contribution in [2.24, 2.45) is 0 Å². The Balaban J connectivity index is 2.14. The fourth-order valence-corrected chi connectivity index (χ4v) is 2.06. The van der Waals surface area contributed by atoms with Crippen LogP contribution in [0.3, 0.4) is 0 Å². The third-order valence-corrected chi connectivity index (χ3v) is 3.35. The van der Waals surface area contributed by atoms with E-state index < -0.39 is 0 Å². The van der Waals surface area contributed by atoms with Crippen LogP contribution < -0.4 is 5.48 Å². The predicted octanol–water partition coefficient (Wildman–Crippen LogP) is 3.95. The minimum atomic E-state index is -0.251.